The first-order chi connectivity index (χ1) is 19.9. The number of rotatable bonds is 7. The molecule has 9 nitrogen and oxygen atoms in total. The molecule has 0 aliphatic carbocycles. The van der Waals surface area contributed by atoms with Gasteiger partial charge in [-0.05, 0) is 61.7 Å². The minimum absolute atomic E-state index is 0.0294. The first kappa shape index (κ1) is 26.7. The average Bonchev–Trinajstić information content (AvgIpc) is 3.35. The predicted octanol–water partition coefficient (Wildman–Crippen LogP) is 6.16. The molecule has 0 unspecified atom stereocenters. The number of anilines is 2. The fourth-order valence-electron chi connectivity index (χ4n) is 4.88. The molecule has 1 aliphatic rings. The van der Waals surface area contributed by atoms with E-state index in [-0.39, 0.29) is 11.6 Å². The van der Waals surface area contributed by atoms with Crippen molar-refractivity contribution in [1.82, 2.24) is 29.4 Å². The molecular weight excluding hydrogens is 541 g/mol. The van der Waals surface area contributed by atoms with Gasteiger partial charge in [-0.1, -0.05) is 6.58 Å². The number of hydrogen-bond acceptors (Lipinski definition) is 8. The van der Waals surface area contributed by atoms with E-state index in [0.717, 1.165) is 34.5 Å². The fourth-order valence-corrected chi connectivity index (χ4v) is 5.95. The number of nitrogens with zero attached hydrogens (tertiary/aromatic N) is 6. The molecular formula is C30H28FN7O2S. The Labute approximate surface area is 240 Å². The van der Waals surface area contributed by atoms with Gasteiger partial charge in [-0.15, -0.1) is 11.8 Å². The summed E-state index contributed by atoms with van der Waals surface area (Å²) >= 11 is 1.67. The summed E-state index contributed by atoms with van der Waals surface area (Å²) in [6.07, 6.45) is 6.27. The summed E-state index contributed by atoms with van der Waals surface area (Å²) in [6, 6.07) is 12.5. The lowest BCUT2D eigenvalue weighted by Crippen LogP contribution is -2.38. The van der Waals surface area contributed by atoms with Gasteiger partial charge in [-0.2, -0.15) is 0 Å². The van der Waals surface area contributed by atoms with E-state index in [9.17, 15) is 4.79 Å². The highest BCUT2D eigenvalue weighted by atomic mass is 32.2. The molecule has 1 fully saturated rings. The Morgan fingerprint density at radius 1 is 1.12 bits per heavy atom. The molecule has 41 heavy (non-hydrogen) atoms. The summed E-state index contributed by atoms with van der Waals surface area (Å²) < 4.78 is 23.3. The molecule has 208 valence electrons. The second kappa shape index (κ2) is 11.2. The summed E-state index contributed by atoms with van der Waals surface area (Å²) in [6.45, 7) is 6.83. The number of halogens is 1. The van der Waals surface area contributed by atoms with Crippen LogP contribution in [0, 0.1) is 12.7 Å². The Hall–Kier alpha value is -4.51. The van der Waals surface area contributed by atoms with Crippen LogP contribution in [0.3, 0.4) is 0 Å². The van der Waals surface area contributed by atoms with Gasteiger partial charge in [0, 0.05) is 37.5 Å². The van der Waals surface area contributed by atoms with E-state index in [0.29, 0.717) is 46.7 Å². The number of imidazole rings is 1. The standard InChI is InChI=1S/C30H28FN7O2S/c1-4-28(39)38-11-9-20(10-12-38)41-27-8-6-22-29(36-27)30(33-16-32-22)35-23-13-18(2)26(15-21(23)31)40-19-5-7-25-24(14-19)34-17-37(25)3/h4-8,13-17,20H,1,9-12H2,2-3H3,(H,32,33,35). The molecule has 2 aromatic carbocycles. The van der Waals surface area contributed by atoms with Crippen LogP contribution in [0.25, 0.3) is 22.1 Å². The van der Waals surface area contributed by atoms with Crippen molar-refractivity contribution in [1.29, 1.82) is 0 Å². The molecule has 4 heterocycles. The van der Waals surface area contributed by atoms with Gasteiger partial charge in [0.1, 0.15) is 29.2 Å². The smallest absolute Gasteiger partial charge is 0.245 e. The second-order valence-corrected chi connectivity index (χ2v) is 11.2. The maximum absolute atomic E-state index is 15.3. The zero-order chi connectivity index (χ0) is 28.5. The number of piperidine rings is 1. The molecule has 0 bridgehead atoms. The number of carbonyl (C=O) groups excluding carboxylic acids is 1. The lowest BCUT2D eigenvalue weighted by Gasteiger charge is -2.30. The minimum atomic E-state index is -0.484. The summed E-state index contributed by atoms with van der Waals surface area (Å²) in [4.78, 5) is 31.6. The lowest BCUT2D eigenvalue weighted by atomic mass is 10.1. The normalized spacial score (nSPS) is 14.0. The number of nitrogens with one attached hydrogen (secondary N) is 1. The quantitative estimate of drug-likeness (QED) is 0.233. The molecule has 1 amide bonds. The molecule has 1 N–H and O–H groups in total. The van der Waals surface area contributed by atoms with E-state index in [1.165, 1.54) is 18.5 Å². The van der Waals surface area contributed by atoms with Gasteiger partial charge >= 0.3 is 0 Å². The van der Waals surface area contributed by atoms with Crippen molar-refractivity contribution < 1.29 is 13.9 Å². The maximum atomic E-state index is 15.3. The average molecular weight is 570 g/mol. The fraction of sp³-hybridized carbons (Fsp3) is 0.233. The number of hydrogen-bond donors (Lipinski definition) is 1. The van der Waals surface area contributed by atoms with Gasteiger partial charge < -0.3 is 19.5 Å². The Kier molecular flexibility index (Phi) is 7.27. The molecule has 1 saturated heterocycles. The number of thioether (sulfide) groups is 1. The predicted molar refractivity (Wildman–Crippen MR) is 158 cm³/mol. The first-order valence-corrected chi connectivity index (χ1v) is 14.1. The Morgan fingerprint density at radius 2 is 1.95 bits per heavy atom. The SMILES string of the molecule is C=CC(=O)N1CCC(Sc2ccc3ncnc(Nc4cc(C)c(Oc5ccc6c(c5)ncn6C)cc4F)c3n2)CC1. The van der Waals surface area contributed by atoms with Gasteiger partial charge in [0.05, 0.1) is 33.6 Å². The van der Waals surface area contributed by atoms with Crippen LogP contribution in [-0.2, 0) is 11.8 Å². The molecule has 0 saturated carbocycles. The summed E-state index contributed by atoms with van der Waals surface area (Å²) in [5, 5.41) is 4.27. The van der Waals surface area contributed by atoms with Crippen molar-refractivity contribution in [3.63, 3.8) is 0 Å². The first-order valence-electron chi connectivity index (χ1n) is 13.2. The highest BCUT2D eigenvalue weighted by molar-refractivity contribution is 7.99. The highest BCUT2D eigenvalue weighted by Gasteiger charge is 2.23. The van der Waals surface area contributed by atoms with Gasteiger partial charge in [-0.25, -0.2) is 24.3 Å². The summed E-state index contributed by atoms with van der Waals surface area (Å²) in [7, 11) is 1.93. The summed E-state index contributed by atoms with van der Waals surface area (Å²) in [5.41, 5.74) is 4.00. The van der Waals surface area contributed by atoms with Crippen LogP contribution in [-0.4, -0.2) is 53.6 Å². The Balaban J connectivity index is 1.20. The molecule has 0 radical (unpaired) electrons. The second-order valence-electron chi connectivity index (χ2n) is 9.92. The van der Waals surface area contributed by atoms with E-state index in [4.69, 9.17) is 9.72 Å². The van der Waals surface area contributed by atoms with Crippen molar-refractivity contribution in [3.05, 3.63) is 79.2 Å². The minimum Gasteiger partial charge on any atom is -0.457 e. The third-order valence-corrected chi connectivity index (χ3v) is 8.39. The third kappa shape index (κ3) is 5.58. The number of ether oxygens (including phenoxy) is 1. The number of aryl methyl sites for hydroxylation is 2. The van der Waals surface area contributed by atoms with Gasteiger partial charge in [0.25, 0.3) is 0 Å². The molecule has 0 spiro atoms. The van der Waals surface area contributed by atoms with E-state index in [2.05, 4.69) is 26.8 Å². The topological polar surface area (TPSA) is 98.1 Å². The van der Waals surface area contributed by atoms with Crippen LogP contribution in [0.1, 0.15) is 18.4 Å². The molecule has 0 atom stereocenters. The van der Waals surface area contributed by atoms with Crippen LogP contribution < -0.4 is 10.1 Å². The van der Waals surface area contributed by atoms with Crippen molar-refractivity contribution >= 4 is 51.2 Å². The van der Waals surface area contributed by atoms with E-state index >= 15 is 4.39 Å². The van der Waals surface area contributed by atoms with E-state index in [1.807, 2.05) is 53.8 Å². The number of carbonyl (C=O) groups is 1. The van der Waals surface area contributed by atoms with Crippen LogP contribution in [0.15, 0.2) is 72.8 Å². The Morgan fingerprint density at radius 3 is 2.76 bits per heavy atom. The molecule has 5 aromatic rings. The number of benzene rings is 2. The lowest BCUT2D eigenvalue weighted by molar-refractivity contribution is -0.126. The van der Waals surface area contributed by atoms with Gasteiger partial charge in [-0.3, -0.25) is 4.79 Å². The molecule has 1 aliphatic heterocycles. The molecule has 3 aromatic heterocycles. The number of amides is 1. The number of fused-ring (bicyclic) bond motifs is 2. The van der Waals surface area contributed by atoms with Crippen molar-refractivity contribution in [2.45, 2.75) is 30.0 Å². The maximum Gasteiger partial charge on any atom is 0.245 e. The highest BCUT2D eigenvalue weighted by Crippen LogP contribution is 2.34. The Bertz CT molecular complexity index is 1780. The summed E-state index contributed by atoms with van der Waals surface area (Å²) in [5.74, 6) is 0.888. The van der Waals surface area contributed by atoms with E-state index < -0.39 is 5.82 Å². The number of pyridine rings is 1. The van der Waals surface area contributed by atoms with Gasteiger partial charge in [0.15, 0.2) is 5.82 Å². The third-order valence-electron chi connectivity index (χ3n) is 7.11. The van der Waals surface area contributed by atoms with Crippen molar-refractivity contribution in [2.24, 2.45) is 7.05 Å². The van der Waals surface area contributed by atoms with Crippen LogP contribution in [0.4, 0.5) is 15.9 Å². The van der Waals surface area contributed by atoms with E-state index in [1.54, 1.807) is 24.2 Å². The largest absolute Gasteiger partial charge is 0.457 e. The van der Waals surface area contributed by atoms with Crippen LogP contribution in [0.2, 0.25) is 0 Å². The monoisotopic (exact) mass is 569 g/mol. The van der Waals surface area contributed by atoms with Crippen molar-refractivity contribution in [3.8, 4) is 11.5 Å². The zero-order valence-electron chi connectivity index (χ0n) is 22.7. The molecule has 11 heteroatoms. The zero-order valence-corrected chi connectivity index (χ0v) is 23.5. The van der Waals surface area contributed by atoms with Crippen LogP contribution >= 0.6 is 11.8 Å². The van der Waals surface area contributed by atoms with Gasteiger partial charge in [0.2, 0.25) is 5.91 Å². The van der Waals surface area contributed by atoms with Crippen molar-refractivity contribution in [2.75, 3.05) is 18.4 Å². The molecule has 6 rings (SSSR count). The van der Waals surface area contributed by atoms with Crippen LogP contribution in [0.5, 0.6) is 11.5 Å². The number of aromatic nitrogens is 5. The number of likely N-dealkylation sites (tertiary alicyclic amines) is 1.